The average Bonchev–Trinajstić information content (AvgIpc) is 3.40. The topological polar surface area (TPSA) is 133 Å². The molecule has 0 aliphatic heterocycles. The molecular weight excluding hydrogens is 490 g/mol. The standard InChI is InChI=1S/C28H23N3O7/c1-36-22-7-3-5-19(15-22)29-27(32)25(28(33)30-20-6-4-8-23(16-20)37-2)17-24-13-14-26(38-24)18-9-11-21(12-10-18)31(34)35/h3-17H,1-2H3,(H,29,32)(H,30,33). The number of nitro benzene ring substituents is 1. The molecule has 10 heteroatoms. The van der Waals surface area contributed by atoms with Crippen LogP contribution >= 0.6 is 0 Å². The molecule has 0 fully saturated rings. The Hall–Kier alpha value is -5.38. The normalized spacial score (nSPS) is 10.3. The third kappa shape index (κ3) is 6.24. The number of nitrogens with one attached hydrogen (secondary N) is 2. The second-order valence-electron chi connectivity index (χ2n) is 7.94. The number of rotatable bonds is 9. The van der Waals surface area contributed by atoms with E-state index in [1.54, 1.807) is 72.8 Å². The van der Waals surface area contributed by atoms with E-state index >= 15 is 0 Å². The molecule has 0 saturated carbocycles. The fourth-order valence-electron chi connectivity index (χ4n) is 3.51. The van der Waals surface area contributed by atoms with Crippen molar-refractivity contribution in [1.82, 2.24) is 0 Å². The predicted octanol–water partition coefficient (Wildman–Crippen LogP) is 5.53. The number of amides is 2. The third-order valence-electron chi connectivity index (χ3n) is 5.42. The number of carbonyl (C=O) groups excluding carboxylic acids is 2. The Kier molecular flexibility index (Phi) is 7.83. The molecular formula is C28H23N3O7. The first-order valence-corrected chi connectivity index (χ1v) is 11.3. The maximum atomic E-state index is 13.2. The first kappa shape index (κ1) is 25.7. The molecule has 0 radical (unpaired) electrons. The highest BCUT2D eigenvalue weighted by atomic mass is 16.6. The molecule has 0 aliphatic rings. The number of hydrogen-bond donors (Lipinski definition) is 2. The molecule has 4 rings (SSSR count). The molecule has 2 amide bonds. The van der Waals surface area contributed by atoms with E-state index in [1.807, 2.05) is 0 Å². The van der Waals surface area contributed by atoms with Crippen molar-refractivity contribution in [3.05, 3.63) is 106 Å². The van der Waals surface area contributed by atoms with E-state index in [-0.39, 0.29) is 17.0 Å². The highest BCUT2D eigenvalue weighted by Crippen LogP contribution is 2.26. The summed E-state index contributed by atoms with van der Waals surface area (Å²) >= 11 is 0. The zero-order chi connectivity index (χ0) is 27.1. The van der Waals surface area contributed by atoms with E-state index in [9.17, 15) is 19.7 Å². The molecule has 10 nitrogen and oxygen atoms in total. The van der Waals surface area contributed by atoms with Crippen LogP contribution in [0.15, 0.2) is 94.9 Å². The maximum Gasteiger partial charge on any atom is 0.269 e. The zero-order valence-corrected chi connectivity index (χ0v) is 20.5. The SMILES string of the molecule is COc1cccc(NC(=O)C(=Cc2ccc(-c3ccc([N+](=O)[O-])cc3)o2)C(=O)Nc2cccc(OC)c2)c1. The average molecular weight is 514 g/mol. The van der Waals surface area contributed by atoms with Gasteiger partial charge in [0.25, 0.3) is 17.5 Å². The number of nitrogens with zero attached hydrogens (tertiary/aromatic N) is 1. The Morgan fingerprint density at radius 2 is 1.37 bits per heavy atom. The lowest BCUT2D eigenvalue weighted by Crippen LogP contribution is -2.25. The van der Waals surface area contributed by atoms with E-state index in [4.69, 9.17) is 13.9 Å². The lowest BCUT2D eigenvalue weighted by atomic mass is 10.1. The number of furan rings is 1. The monoisotopic (exact) mass is 513 g/mol. The summed E-state index contributed by atoms with van der Waals surface area (Å²) in [4.78, 5) is 36.9. The largest absolute Gasteiger partial charge is 0.497 e. The van der Waals surface area contributed by atoms with Gasteiger partial charge in [0.1, 0.15) is 28.6 Å². The van der Waals surface area contributed by atoms with Gasteiger partial charge in [-0.15, -0.1) is 0 Å². The number of ether oxygens (including phenoxy) is 2. The van der Waals surface area contributed by atoms with Gasteiger partial charge < -0.3 is 24.5 Å². The van der Waals surface area contributed by atoms with Gasteiger partial charge in [-0.1, -0.05) is 12.1 Å². The first-order chi connectivity index (χ1) is 18.4. The van der Waals surface area contributed by atoms with Crippen molar-refractivity contribution in [3.8, 4) is 22.8 Å². The fraction of sp³-hybridized carbons (Fsp3) is 0.0714. The van der Waals surface area contributed by atoms with Gasteiger partial charge in [-0.2, -0.15) is 0 Å². The summed E-state index contributed by atoms with van der Waals surface area (Å²) in [5, 5.41) is 16.3. The lowest BCUT2D eigenvalue weighted by Gasteiger charge is -2.11. The van der Waals surface area contributed by atoms with Gasteiger partial charge >= 0.3 is 0 Å². The number of methoxy groups -OCH3 is 2. The van der Waals surface area contributed by atoms with Gasteiger partial charge in [0.2, 0.25) is 0 Å². The molecule has 1 heterocycles. The number of non-ortho nitro benzene ring substituents is 1. The van der Waals surface area contributed by atoms with Crippen LogP contribution in [-0.4, -0.2) is 31.0 Å². The van der Waals surface area contributed by atoms with Crippen molar-refractivity contribution in [2.24, 2.45) is 0 Å². The van der Waals surface area contributed by atoms with E-state index in [1.165, 1.54) is 32.4 Å². The van der Waals surface area contributed by atoms with Crippen molar-refractivity contribution in [2.75, 3.05) is 24.9 Å². The van der Waals surface area contributed by atoms with Crippen LogP contribution in [0.3, 0.4) is 0 Å². The van der Waals surface area contributed by atoms with Crippen LogP contribution < -0.4 is 20.1 Å². The second-order valence-corrected chi connectivity index (χ2v) is 7.94. The van der Waals surface area contributed by atoms with Crippen LogP contribution in [0.25, 0.3) is 17.4 Å². The number of nitro groups is 1. The summed E-state index contributed by atoms with van der Waals surface area (Å²) in [7, 11) is 3.01. The zero-order valence-electron chi connectivity index (χ0n) is 20.5. The predicted molar refractivity (Wildman–Crippen MR) is 142 cm³/mol. The van der Waals surface area contributed by atoms with E-state index in [0.717, 1.165) is 0 Å². The first-order valence-electron chi connectivity index (χ1n) is 11.3. The smallest absolute Gasteiger partial charge is 0.269 e. The minimum absolute atomic E-state index is 0.0499. The Morgan fingerprint density at radius 3 is 1.87 bits per heavy atom. The van der Waals surface area contributed by atoms with Crippen LogP contribution in [-0.2, 0) is 9.59 Å². The molecule has 0 unspecified atom stereocenters. The Bertz CT molecular complexity index is 1440. The Morgan fingerprint density at radius 1 is 0.816 bits per heavy atom. The van der Waals surface area contributed by atoms with Crippen molar-refractivity contribution in [2.45, 2.75) is 0 Å². The van der Waals surface area contributed by atoms with Crippen molar-refractivity contribution in [3.63, 3.8) is 0 Å². The number of anilines is 2. The summed E-state index contributed by atoms with van der Waals surface area (Å²) in [5.41, 5.74) is 1.19. The molecule has 38 heavy (non-hydrogen) atoms. The van der Waals surface area contributed by atoms with Gasteiger partial charge in [0.15, 0.2) is 0 Å². The Balaban J connectivity index is 1.64. The third-order valence-corrected chi connectivity index (χ3v) is 5.42. The maximum absolute atomic E-state index is 13.2. The van der Waals surface area contributed by atoms with Crippen LogP contribution in [0.4, 0.5) is 17.1 Å². The summed E-state index contributed by atoms with van der Waals surface area (Å²) in [6.45, 7) is 0. The van der Waals surface area contributed by atoms with Crippen molar-refractivity contribution < 1.29 is 28.4 Å². The minimum atomic E-state index is -0.674. The molecule has 3 aromatic carbocycles. The lowest BCUT2D eigenvalue weighted by molar-refractivity contribution is -0.384. The van der Waals surface area contributed by atoms with E-state index in [0.29, 0.717) is 34.2 Å². The minimum Gasteiger partial charge on any atom is -0.497 e. The van der Waals surface area contributed by atoms with E-state index < -0.39 is 16.7 Å². The van der Waals surface area contributed by atoms with Crippen molar-refractivity contribution in [1.29, 1.82) is 0 Å². The molecule has 0 atom stereocenters. The van der Waals surface area contributed by atoms with Gasteiger partial charge in [-0.25, -0.2) is 0 Å². The highest BCUT2D eigenvalue weighted by molar-refractivity contribution is 6.28. The number of benzene rings is 3. The molecule has 0 saturated heterocycles. The molecule has 1 aromatic heterocycles. The summed E-state index contributed by atoms with van der Waals surface area (Å²) < 4.78 is 16.2. The molecule has 4 aromatic rings. The van der Waals surface area contributed by atoms with Gasteiger partial charge in [0, 0.05) is 41.2 Å². The van der Waals surface area contributed by atoms with Crippen LogP contribution in [0.1, 0.15) is 5.76 Å². The van der Waals surface area contributed by atoms with Crippen LogP contribution in [0, 0.1) is 10.1 Å². The van der Waals surface area contributed by atoms with Gasteiger partial charge in [0.05, 0.1) is 19.1 Å². The molecule has 0 bridgehead atoms. The molecule has 0 aliphatic carbocycles. The summed E-state index contributed by atoms with van der Waals surface area (Å²) in [6, 6.07) is 22.5. The quantitative estimate of drug-likeness (QED) is 0.0988. The van der Waals surface area contributed by atoms with Gasteiger partial charge in [-0.05, 0) is 54.6 Å². The number of hydrogen-bond acceptors (Lipinski definition) is 7. The van der Waals surface area contributed by atoms with E-state index in [2.05, 4.69) is 10.6 Å². The highest BCUT2D eigenvalue weighted by Gasteiger charge is 2.21. The molecule has 2 N–H and O–H groups in total. The summed E-state index contributed by atoms with van der Waals surface area (Å²) in [5.74, 6) is 0.363. The fourth-order valence-corrected chi connectivity index (χ4v) is 3.51. The van der Waals surface area contributed by atoms with Crippen molar-refractivity contribution >= 4 is 35.0 Å². The van der Waals surface area contributed by atoms with Gasteiger partial charge in [-0.3, -0.25) is 19.7 Å². The Labute approximate surface area is 217 Å². The van der Waals surface area contributed by atoms with Crippen LogP contribution in [0.5, 0.6) is 11.5 Å². The number of carbonyl (C=O) groups is 2. The second kappa shape index (κ2) is 11.6. The molecule has 0 spiro atoms. The summed E-state index contributed by atoms with van der Waals surface area (Å²) in [6.07, 6.45) is 1.32. The molecule has 192 valence electrons. The van der Waals surface area contributed by atoms with Crippen LogP contribution in [0.2, 0.25) is 0 Å².